The largest absolute Gasteiger partial charge is 0.361 e. The first kappa shape index (κ1) is 32.3. The molecule has 6 heteroatoms. The van der Waals surface area contributed by atoms with Crippen LogP contribution in [0.5, 0.6) is 0 Å². The van der Waals surface area contributed by atoms with Crippen LogP contribution in [-0.2, 0) is 9.59 Å². The van der Waals surface area contributed by atoms with Crippen molar-refractivity contribution in [3.05, 3.63) is 100.0 Å². The lowest BCUT2D eigenvalue weighted by Crippen LogP contribution is -2.28. The molecular formula is C34H46N4O2. The zero-order chi connectivity index (χ0) is 29.5. The number of unbranched alkanes of at least 4 members (excludes halogenated alkanes) is 1. The quantitative estimate of drug-likeness (QED) is 0.178. The van der Waals surface area contributed by atoms with E-state index in [9.17, 15) is 9.59 Å². The second-order valence-electron chi connectivity index (χ2n) is 9.99. The van der Waals surface area contributed by atoms with E-state index in [4.69, 9.17) is 0 Å². The Labute approximate surface area is 240 Å². The first-order valence-corrected chi connectivity index (χ1v) is 14.4. The fraction of sp³-hybridized carbons (Fsp3) is 0.382. The van der Waals surface area contributed by atoms with Gasteiger partial charge in [0.25, 0.3) is 5.91 Å². The third-order valence-corrected chi connectivity index (χ3v) is 6.35. The molecule has 0 fully saturated rings. The van der Waals surface area contributed by atoms with Crippen molar-refractivity contribution in [2.24, 2.45) is 0 Å². The van der Waals surface area contributed by atoms with Gasteiger partial charge in [0.15, 0.2) is 0 Å². The summed E-state index contributed by atoms with van der Waals surface area (Å²) in [7, 11) is 0. The highest BCUT2D eigenvalue weighted by molar-refractivity contribution is 5.96. The van der Waals surface area contributed by atoms with Gasteiger partial charge in [0.2, 0.25) is 5.91 Å². The molecule has 214 valence electrons. The van der Waals surface area contributed by atoms with Gasteiger partial charge in [-0.3, -0.25) is 14.6 Å². The van der Waals surface area contributed by atoms with Gasteiger partial charge in [0.1, 0.15) is 0 Å². The molecule has 0 spiro atoms. The summed E-state index contributed by atoms with van der Waals surface area (Å²) >= 11 is 0. The minimum atomic E-state index is -0.167. The third-order valence-electron chi connectivity index (χ3n) is 6.35. The molecule has 1 aromatic rings. The molecule has 0 saturated carbocycles. The summed E-state index contributed by atoms with van der Waals surface area (Å²) in [6.07, 6.45) is 22.6. The average molecular weight is 543 g/mol. The Morgan fingerprint density at radius 1 is 1.02 bits per heavy atom. The second-order valence-corrected chi connectivity index (χ2v) is 9.99. The van der Waals surface area contributed by atoms with Crippen LogP contribution in [0.1, 0.15) is 96.9 Å². The van der Waals surface area contributed by atoms with Crippen molar-refractivity contribution in [2.75, 3.05) is 0 Å². The zero-order valence-electron chi connectivity index (χ0n) is 25.3. The Morgan fingerprint density at radius 3 is 2.40 bits per heavy atom. The van der Waals surface area contributed by atoms with Crippen LogP contribution in [0.15, 0.2) is 83.2 Å². The molecule has 6 nitrogen and oxygen atoms in total. The molecule has 40 heavy (non-hydrogen) atoms. The summed E-state index contributed by atoms with van der Waals surface area (Å²) in [5.74, 6) is -0.244. The Morgan fingerprint density at radius 2 is 1.80 bits per heavy atom. The number of nitrogens with one attached hydrogen (secondary N) is 3. The molecule has 0 atom stereocenters. The molecule has 0 bridgehead atoms. The van der Waals surface area contributed by atoms with Crippen LogP contribution in [0, 0.1) is 6.92 Å². The van der Waals surface area contributed by atoms with E-state index in [1.807, 2.05) is 77.4 Å². The molecule has 2 heterocycles. The second kappa shape index (κ2) is 16.9. The Kier molecular flexibility index (Phi) is 13.6. The minimum Gasteiger partial charge on any atom is -0.361 e. The van der Waals surface area contributed by atoms with E-state index in [2.05, 4.69) is 53.0 Å². The Balaban J connectivity index is 2.32. The number of hydrogen-bond donors (Lipinski definition) is 3. The fourth-order valence-corrected chi connectivity index (χ4v) is 3.95. The molecule has 0 aromatic carbocycles. The molecule has 1 aliphatic heterocycles. The van der Waals surface area contributed by atoms with Gasteiger partial charge in [-0.1, -0.05) is 70.4 Å². The molecule has 2 rings (SSSR count). The van der Waals surface area contributed by atoms with Gasteiger partial charge in [0.05, 0.1) is 0 Å². The maximum Gasteiger partial charge on any atom is 0.253 e. The summed E-state index contributed by atoms with van der Waals surface area (Å²) in [5, 5.41) is 9.35. The molecule has 0 saturated heterocycles. The monoisotopic (exact) mass is 542 g/mol. The summed E-state index contributed by atoms with van der Waals surface area (Å²) in [4.78, 5) is 30.2. The van der Waals surface area contributed by atoms with Crippen LogP contribution in [0.3, 0.4) is 0 Å². The van der Waals surface area contributed by atoms with Crippen molar-refractivity contribution in [2.45, 2.75) is 87.0 Å². The van der Waals surface area contributed by atoms with Gasteiger partial charge >= 0.3 is 0 Å². The minimum absolute atomic E-state index is 0.0766. The summed E-state index contributed by atoms with van der Waals surface area (Å²) in [5.41, 5.74) is 7.83. The molecule has 3 N–H and O–H groups in total. The van der Waals surface area contributed by atoms with Crippen molar-refractivity contribution in [3.63, 3.8) is 0 Å². The Hall–Kier alpha value is -3.93. The van der Waals surface area contributed by atoms with Crippen molar-refractivity contribution in [1.29, 1.82) is 0 Å². The lowest BCUT2D eigenvalue weighted by atomic mass is 10.00. The van der Waals surface area contributed by atoms with E-state index in [-0.39, 0.29) is 11.8 Å². The van der Waals surface area contributed by atoms with Crippen LogP contribution in [0.25, 0.3) is 11.6 Å². The van der Waals surface area contributed by atoms with Crippen LogP contribution in [0.4, 0.5) is 0 Å². The van der Waals surface area contributed by atoms with Crippen LogP contribution in [-0.4, -0.2) is 16.8 Å². The molecule has 0 radical (unpaired) electrons. The number of carbonyl (C=O) groups is 2. The topological polar surface area (TPSA) is 83.1 Å². The lowest BCUT2D eigenvalue weighted by molar-refractivity contribution is -0.120. The van der Waals surface area contributed by atoms with E-state index >= 15 is 0 Å². The van der Waals surface area contributed by atoms with Crippen LogP contribution < -0.4 is 16.0 Å². The van der Waals surface area contributed by atoms with E-state index in [0.29, 0.717) is 29.8 Å². The Bertz CT molecular complexity index is 1270. The number of rotatable bonds is 13. The van der Waals surface area contributed by atoms with Gasteiger partial charge in [-0.05, 0) is 75.5 Å². The summed E-state index contributed by atoms with van der Waals surface area (Å²) in [6.45, 7) is 14.0. The standard InChI is InChI=1S/C34H46N4O2/c1-8-12-14-16-26-20-28(23-35-25(26)7)27-18-19-31(36-22-27)30(15-10-3)34(40)38-32(24(5)6)21-29(17-13-9-2)37-33(39)11-4/h13-14,16-23,36H,8-12,15H2,1-7H3,(H,37,39)(H,38,40)/b16-14-,17-13-,29-21+,31-30+. The number of hydrogen-bond acceptors (Lipinski definition) is 4. The first-order valence-electron chi connectivity index (χ1n) is 14.4. The zero-order valence-corrected chi connectivity index (χ0v) is 25.3. The molecular weight excluding hydrogens is 496 g/mol. The number of nitrogens with zero attached hydrogens (tertiary/aromatic N) is 1. The third kappa shape index (κ3) is 9.99. The normalized spacial score (nSPS) is 14.7. The van der Waals surface area contributed by atoms with E-state index in [0.717, 1.165) is 59.3 Å². The highest BCUT2D eigenvalue weighted by atomic mass is 16.2. The average Bonchev–Trinajstić information content (AvgIpc) is 2.95. The van der Waals surface area contributed by atoms with E-state index in [1.54, 1.807) is 0 Å². The number of dihydropyridines is 1. The predicted octanol–water partition coefficient (Wildman–Crippen LogP) is 7.54. The highest BCUT2D eigenvalue weighted by Gasteiger charge is 2.17. The summed E-state index contributed by atoms with van der Waals surface area (Å²) < 4.78 is 0. The van der Waals surface area contributed by atoms with Gasteiger partial charge in [-0.25, -0.2) is 0 Å². The van der Waals surface area contributed by atoms with Crippen molar-refractivity contribution < 1.29 is 9.59 Å². The molecule has 1 aliphatic rings. The summed E-state index contributed by atoms with van der Waals surface area (Å²) in [6, 6.07) is 2.15. The number of carbonyl (C=O) groups excluding carboxylic acids is 2. The van der Waals surface area contributed by atoms with Crippen LogP contribution in [0.2, 0.25) is 0 Å². The predicted molar refractivity (Wildman–Crippen MR) is 168 cm³/mol. The first-order chi connectivity index (χ1) is 19.2. The highest BCUT2D eigenvalue weighted by Crippen LogP contribution is 2.24. The number of aryl methyl sites for hydroxylation is 1. The van der Waals surface area contributed by atoms with E-state index < -0.39 is 0 Å². The van der Waals surface area contributed by atoms with Crippen LogP contribution >= 0.6 is 0 Å². The molecule has 0 unspecified atom stereocenters. The number of allylic oxidation sites excluding steroid dienone is 8. The van der Waals surface area contributed by atoms with Gasteiger partial charge in [-0.15, -0.1) is 0 Å². The van der Waals surface area contributed by atoms with Crippen molar-refractivity contribution >= 4 is 23.5 Å². The van der Waals surface area contributed by atoms with Crippen molar-refractivity contribution in [3.8, 4) is 0 Å². The molecule has 0 aliphatic carbocycles. The maximum atomic E-state index is 13.5. The smallest absolute Gasteiger partial charge is 0.253 e. The van der Waals surface area contributed by atoms with Crippen molar-refractivity contribution in [1.82, 2.24) is 20.9 Å². The van der Waals surface area contributed by atoms with Gasteiger partial charge in [-0.2, -0.15) is 0 Å². The number of amides is 2. The fourth-order valence-electron chi connectivity index (χ4n) is 3.95. The molecule has 1 aromatic heterocycles. The number of aromatic nitrogens is 1. The van der Waals surface area contributed by atoms with Gasteiger partial charge < -0.3 is 16.0 Å². The SMILES string of the molecule is CC/C=C\C(=C/C(NC(=O)/C(CCC)=C1\C=CC(c2cnc(C)c(/C=C\CCC)c2)=CN1)=C(C)C)NC(=O)CC. The molecule has 2 amide bonds. The number of pyridine rings is 1. The lowest BCUT2D eigenvalue weighted by Gasteiger charge is -2.18. The maximum absolute atomic E-state index is 13.5. The van der Waals surface area contributed by atoms with Gasteiger partial charge in [0, 0.05) is 52.7 Å². The van der Waals surface area contributed by atoms with E-state index in [1.165, 1.54) is 0 Å².